The molecule has 2 aliphatic rings. The molecule has 119 valence electrons. The largest absolute Gasteiger partial charge is 0.493 e. The normalized spacial score (nSPS) is 25.5. The van der Waals surface area contributed by atoms with Crippen LogP contribution in [0.3, 0.4) is 0 Å². The van der Waals surface area contributed by atoms with Crippen molar-refractivity contribution in [3.8, 4) is 22.6 Å². The molecular formula is C20H22NO2. The lowest BCUT2D eigenvalue weighted by atomic mass is 9.97. The van der Waals surface area contributed by atoms with E-state index in [1.807, 2.05) is 36.4 Å². The predicted octanol–water partition coefficient (Wildman–Crippen LogP) is 4.84. The molecule has 3 heteroatoms. The molecule has 0 aliphatic heterocycles. The maximum atomic E-state index is 7.61. The second-order valence-corrected chi connectivity index (χ2v) is 6.77. The van der Waals surface area contributed by atoms with Crippen molar-refractivity contribution in [1.82, 2.24) is 5.73 Å². The van der Waals surface area contributed by atoms with Crippen LogP contribution in [0.1, 0.15) is 25.7 Å². The quantitative estimate of drug-likeness (QED) is 0.810. The second kappa shape index (κ2) is 5.80. The summed E-state index contributed by atoms with van der Waals surface area (Å²) in [5, 5.41) is 0. The van der Waals surface area contributed by atoms with E-state index in [2.05, 4.69) is 6.07 Å². The zero-order valence-corrected chi connectivity index (χ0v) is 13.4. The van der Waals surface area contributed by atoms with Gasteiger partial charge in [-0.1, -0.05) is 18.2 Å². The molecule has 1 N–H and O–H groups in total. The molecule has 0 aromatic heterocycles. The van der Waals surface area contributed by atoms with E-state index in [-0.39, 0.29) is 0 Å². The van der Waals surface area contributed by atoms with Gasteiger partial charge in [0.2, 0.25) is 0 Å². The van der Waals surface area contributed by atoms with Gasteiger partial charge < -0.3 is 15.2 Å². The minimum Gasteiger partial charge on any atom is -0.493 e. The van der Waals surface area contributed by atoms with Crippen LogP contribution < -0.4 is 15.2 Å². The van der Waals surface area contributed by atoms with Crippen LogP contribution in [0, 0.1) is 11.8 Å². The Bertz CT molecular complexity index is 695. The Balaban J connectivity index is 1.62. The first kappa shape index (κ1) is 14.4. The number of rotatable bonds is 4. The molecule has 0 saturated heterocycles. The maximum absolute atomic E-state index is 7.61. The van der Waals surface area contributed by atoms with Crippen LogP contribution in [0.15, 0.2) is 42.5 Å². The van der Waals surface area contributed by atoms with Crippen molar-refractivity contribution in [1.29, 1.82) is 0 Å². The van der Waals surface area contributed by atoms with Crippen LogP contribution in [0.5, 0.6) is 11.5 Å². The summed E-state index contributed by atoms with van der Waals surface area (Å²) in [5.41, 5.74) is 10.3. The Labute approximate surface area is 137 Å². The van der Waals surface area contributed by atoms with Crippen molar-refractivity contribution in [2.45, 2.75) is 31.8 Å². The molecule has 2 fully saturated rings. The summed E-state index contributed by atoms with van der Waals surface area (Å²) in [5.74, 6) is 3.23. The number of hydrogen-bond acceptors (Lipinski definition) is 2. The van der Waals surface area contributed by atoms with E-state index in [0.29, 0.717) is 11.8 Å². The van der Waals surface area contributed by atoms with Crippen molar-refractivity contribution in [3.63, 3.8) is 0 Å². The molecule has 0 amide bonds. The van der Waals surface area contributed by atoms with Crippen LogP contribution in [-0.2, 0) is 0 Å². The Kier molecular flexibility index (Phi) is 3.64. The van der Waals surface area contributed by atoms with Gasteiger partial charge in [-0.05, 0) is 72.9 Å². The Morgan fingerprint density at radius 1 is 0.913 bits per heavy atom. The van der Waals surface area contributed by atoms with Crippen molar-refractivity contribution in [2.75, 3.05) is 7.11 Å². The monoisotopic (exact) mass is 308 g/mol. The Hall–Kier alpha value is -2.16. The maximum Gasteiger partial charge on any atom is 0.162 e. The highest BCUT2D eigenvalue weighted by molar-refractivity contribution is 5.68. The van der Waals surface area contributed by atoms with E-state index in [0.717, 1.165) is 34.5 Å². The van der Waals surface area contributed by atoms with Gasteiger partial charge >= 0.3 is 0 Å². The summed E-state index contributed by atoms with van der Waals surface area (Å²) in [6, 6.07) is 13.7. The third-order valence-corrected chi connectivity index (χ3v) is 5.33. The summed E-state index contributed by atoms with van der Waals surface area (Å²) in [6.07, 6.45) is 5.54. The van der Waals surface area contributed by atoms with Gasteiger partial charge in [-0.2, -0.15) is 0 Å². The topological polar surface area (TPSA) is 42.3 Å². The SMILES string of the molecule is COc1ccc(-c2ccc([NH])cc2)cc1OC1CC2CCC1C2. The lowest BCUT2D eigenvalue weighted by molar-refractivity contribution is 0.133. The molecule has 2 saturated carbocycles. The molecule has 2 aromatic rings. The summed E-state index contributed by atoms with van der Waals surface area (Å²) in [6.45, 7) is 0. The molecule has 2 bridgehead atoms. The van der Waals surface area contributed by atoms with Gasteiger partial charge in [-0.25, -0.2) is 0 Å². The first-order valence-electron chi connectivity index (χ1n) is 8.39. The van der Waals surface area contributed by atoms with Crippen molar-refractivity contribution < 1.29 is 9.47 Å². The van der Waals surface area contributed by atoms with E-state index < -0.39 is 0 Å². The zero-order valence-electron chi connectivity index (χ0n) is 13.4. The number of hydrogen-bond donors (Lipinski definition) is 0. The van der Waals surface area contributed by atoms with Crippen molar-refractivity contribution >= 4 is 5.69 Å². The summed E-state index contributed by atoms with van der Waals surface area (Å²) in [4.78, 5) is 0. The lowest BCUT2D eigenvalue weighted by Gasteiger charge is -2.24. The lowest BCUT2D eigenvalue weighted by Crippen LogP contribution is -2.23. The Morgan fingerprint density at radius 2 is 1.70 bits per heavy atom. The third kappa shape index (κ3) is 2.76. The van der Waals surface area contributed by atoms with Crippen LogP contribution in [0.2, 0.25) is 0 Å². The Morgan fingerprint density at radius 3 is 2.35 bits per heavy atom. The number of ether oxygens (including phenoxy) is 2. The predicted molar refractivity (Wildman–Crippen MR) is 91.1 cm³/mol. The fraction of sp³-hybridized carbons (Fsp3) is 0.400. The number of nitrogens with one attached hydrogen (secondary N) is 1. The van der Waals surface area contributed by atoms with E-state index in [4.69, 9.17) is 15.2 Å². The average molecular weight is 308 g/mol. The van der Waals surface area contributed by atoms with Crippen molar-refractivity contribution in [3.05, 3.63) is 42.5 Å². The van der Waals surface area contributed by atoms with E-state index in [9.17, 15) is 0 Å². The van der Waals surface area contributed by atoms with Gasteiger partial charge in [0.25, 0.3) is 0 Å². The molecule has 2 aromatic carbocycles. The summed E-state index contributed by atoms with van der Waals surface area (Å²) < 4.78 is 11.8. The average Bonchev–Trinajstić information content (AvgIpc) is 3.18. The standard InChI is InChI=1S/C20H22NO2/c1-22-18-9-6-15(14-4-7-17(21)8-5-14)12-20(18)23-19-11-13-2-3-16(19)10-13/h4-9,12-13,16,19,21H,2-3,10-11H2,1H3. The third-order valence-electron chi connectivity index (χ3n) is 5.33. The van der Waals surface area contributed by atoms with Crippen LogP contribution in [0.25, 0.3) is 11.1 Å². The van der Waals surface area contributed by atoms with Gasteiger partial charge in [0.05, 0.1) is 12.8 Å². The van der Waals surface area contributed by atoms with Gasteiger partial charge in [0, 0.05) is 0 Å². The van der Waals surface area contributed by atoms with E-state index in [1.165, 1.54) is 25.7 Å². The van der Waals surface area contributed by atoms with Crippen LogP contribution in [-0.4, -0.2) is 13.2 Å². The highest BCUT2D eigenvalue weighted by atomic mass is 16.5. The first-order chi connectivity index (χ1) is 11.2. The molecule has 4 rings (SSSR count). The van der Waals surface area contributed by atoms with Gasteiger partial charge in [0.15, 0.2) is 11.5 Å². The van der Waals surface area contributed by atoms with E-state index >= 15 is 0 Å². The van der Waals surface area contributed by atoms with Gasteiger partial charge in [-0.3, -0.25) is 0 Å². The molecule has 2 aliphatic carbocycles. The summed E-state index contributed by atoms with van der Waals surface area (Å²) in [7, 11) is 1.69. The molecule has 3 unspecified atom stereocenters. The van der Waals surface area contributed by atoms with Gasteiger partial charge in [0.1, 0.15) is 6.10 Å². The smallest absolute Gasteiger partial charge is 0.162 e. The van der Waals surface area contributed by atoms with Crippen LogP contribution in [0.4, 0.5) is 5.69 Å². The zero-order chi connectivity index (χ0) is 15.8. The molecule has 0 heterocycles. The van der Waals surface area contributed by atoms with Gasteiger partial charge in [-0.15, -0.1) is 0 Å². The highest BCUT2D eigenvalue weighted by Crippen LogP contribution is 2.47. The molecular weight excluding hydrogens is 286 g/mol. The van der Waals surface area contributed by atoms with E-state index in [1.54, 1.807) is 7.11 Å². The van der Waals surface area contributed by atoms with Crippen molar-refractivity contribution in [2.24, 2.45) is 11.8 Å². The molecule has 3 nitrogen and oxygen atoms in total. The molecule has 0 spiro atoms. The number of benzene rings is 2. The molecule has 23 heavy (non-hydrogen) atoms. The van der Waals surface area contributed by atoms with Crippen LogP contribution >= 0.6 is 0 Å². The fourth-order valence-electron chi connectivity index (χ4n) is 4.10. The first-order valence-corrected chi connectivity index (χ1v) is 8.39. The summed E-state index contributed by atoms with van der Waals surface area (Å²) >= 11 is 0. The number of methoxy groups -OCH3 is 1. The minimum absolute atomic E-state index is 0.341. The fourth-order valence-corrected chi connectivity index (χ4v) is 4.10. The molecule has 1 radical (unpaired) electrons. The highest BCUT2D eigenvalue weighted by Gasteiger charge is 2.41. The second-order valence-electron chi connectivity index (χ2n) is 6.77. The number of fused-ring (bicyclic) bond motifs is 2. The minimum atomic E-state index is 0.341. The molecule has 3 atom stereocenters.